The molecule has 0 unspecified atom stereocenters. The van der Waals surface area contributed by atoms with Gasteiger partial charge in [-0.1, -0.05) is 21.6 Å². The lowest BCUT2D eigenvalue weighted by atomic mass is 10.2. The number of ketones is 1. The van der Waals surface area contributed by atoms with E-state index < -0.39 is 5.97 Å². The molecule has 0 aliphatic carbocycles. The number of ether oxygens (including phenoxy) is 3. The Labute approximate surface area is 317 Å². The molecule has 3 aromatic carbocycles. The summed E-state index contributed by atoms with van der Waals surface area (Å²) in [6.07, 6.45) is 0.603. The number of nitrogens with one attached hydrogen (secondary N) is 3. The van der Waals surface area contributed by atoms with Crippen LogP contribution in [-0.2, 0) is 19.1 Å². The molecule has 4 N–H and O–H groups in total. The average Bonchev–Trinajstić information content (AvgIpc) is 3.80. The standard InChI is InChI=1S/C38H47N7O6S2/c1-44-13-15-45(16-14-44)29-5-9-33-35(25-29)43-38(41-33)28-4-8-32-34(24-28)42-37(40-32)27-2-6-31(7-3-27)51-21-20-50-19-18-49-17-12-39-26-30(46)10-22-52-53-23-11-36(47)48/h2-9,24-25,39H,10-23,26H2,1H3,(H,40,42)(H,41,43)(H,47,48). The largest absolute Gasteiger partial charge is 0.491 e. The summed E-state index contributed by atoms with van der Waals surface area (Å²) in [6, 6.07) is 20.5. The number of Topliss-reactive ketones (excluding diaryl/α,β-unsaturated/α-hetero) is 1. The second-order valence-corrected chi connectivity index (χ2v) is 15.4. The van der Waals surface area contributed by atoms with E-state index in [-0.39, 0.29) is 12.2 Å². The maximum Gasteiger partial charge on any atom is 0.304 e. The number of likely N-dealkylation sites (N-methyl/N-ethyl adjacent to an activating group) is 1. The minimum Gasteiger partial charge on any atom is -0.491 e. The Balaban J connectivity index is 0.863. The zero-order valence-electron chi connectivity index (χ0n) is 30.0. The molecule has 53 heavy (non-hydrogen) atoms. The number of nitrogens with zero attached hydrogens (tertiary/aromatic N) is 4. The molecule has 1 saturated heterocycles. The van der Waals surface area contributed by atoms with Crippen LogP contribution in [0.5, 0.6) is 5.75 Å². The fraction of sp³-hybridized carbons (Fsp3) is 0.421. The predicted molar refractivity (Wildman–Crippen MR) is 213 cm³/mol. The average molecular weight is 762 g/mol. The number of rotatable bonds is 22. The molecule has 0 atom stereocenters. The fourth-order valence-electron chi connectivity index (χ4n) is 5.80. The van der Waals surface area contributed by atoms with Gasteiger partial charge in [-0.05, 0) is 67.7 Å². The Morgan fingerprint density at radius 2 is 1.40 bits per heavy atom. The van der Waals surface area contributed by atoms with Gasteiger partial charge in [0.25, 0.3) is 0 Å². The van der Waals surface area contributed by atoms with E-state index in [4.69, 9.17) is 29.3 Å². The van der Waals surface area contributed by atoms with Crippen molar-refractivity contribution in [3.05, 3.63) is 60.7 Å². The van der Waals surface area contributed by atoms with E-state index in [0.717, 1.165) is 76.8 Å². The molecule has 0 saturated carbocycles. The number of carbonyl (C=O) groups is 2. The maximum atomic E-state index is 11.9. The number of carboxylic acids is 1. The minimum atomic E-state index is -0.800. The van der Waals surface area contributed by atoms with Crippen molar-refractivity contribution in [3.8, 4) is 28.5 Å². The monoisotopic (exact) mass is 761 g/mol. The van der Waals surface area contributed by atoms with Crippen molar-refractivity contribution in [1.82, 2.24) is 30.2 Å². The Morgan fingerprint density at radius 3 is 2.13 bits per heavy atom. The van der Waals surface area contributed by atoms with Gasteiger partial charge in [0.2, 0.25) is 0 Å². The molecule has 0 amide bonds. The second-order valence-electron chi connectivity index (χ2n) is 12.7. The molecule has 1 fully saturated rings. The van der Waals surface area contributed by atoms with Crippen LogP contribution >= 0.6 is 21.6 Å². The third kappa shape index (κ3) is 11.7. The highest BCUT2D eigenvalue weighted by Gasteiger charge is 2.16. The number of anilines is 1. The van der Waals surface area contributed by atoms with Gasteiger partial charge in [-0.2, -0.15) is 0 Å². The summed E-state index contributed by atoms with van der Waals surface area (Å²) in [5, 5.41) is 11.7. The van der Waals surface area contributed by atoms with Gasteiger partial charge in [0.1, 0.15) is 29.8 Å². The zero-order valence-corrected chi connectivity index (χ0v) is 31.6. The maximum absolute atomic E-state index is 11.9. The molecule has 0 bridgehead atoms. The lowest BCUT2D eigenvalue weighted by Gasteiger charge is -2.34. The van der Waals surface area contributed by atoms with Crippen molar-refractivity contribution in [2.24, 2.45) is 0 Å². The highest BCUT2D eigenvalue weighted by molar-refractivity contribution is 8.76. The lowest BCUT2D eigenvalue weighted by Crippen LogP contribution is -2.44. The van der Waals surface area contributed by atoms with Crippen LogP contribution in [-0.4, -0.2) is 133 Å². The second kappa shape index (κ2) is 19.8. The highest BCUT2D eigenvalue weighted by atomic mass is 33.1. The van der Waals surface area contributed by atoms with Gasteiger partial charge < -0.3 is 44.4 Å². The van der Waals surface area contributed by atoms with E-state index in [1.54, 1.807) is 0 Å². The van der Waals surface area contributed by atoms with Gasteiger partial charge in [0.05, 0.1) is 61.5 Å². The quantitative estimate of drug-likeness (QED) is 0.0530. The first-order chi connectivity index (χ1) is 25.9. The number of imidazole rings is 2. The summed E-state index contributed by atoms with van der Waals surface area (Å²) < 4.78 is 17.0. The van der Waals surface area contributed by atoms with E-state index in [2.05, 4.69) is 62.5 Å². The number of piperazine rings is 1. The molecule has 13 nitrogen and oxygen atoms in total. The first-order valence-corrected chi connectivity index (χ1v) is 20.4. The van der Waals surface area contributed by atoms with Crippen molar-refractivity contribution in [1.29, 1.82) is 0 Å². The minimum absolute atomic E-state index is 0.133. The van der Waals surface area contributed by atoms with E-state index in [1.165, 1.54) is 27.3 Å². The van der Waals surface area contributed by atoms with E-state index in [9.17, 15) is 9.59 Å². The Morgan fingerprint density at radius 1 is 0.774 bits per heavy atom. The number of benzene rings is 3. The van der Waals surface area contributed by atoms with Gasteiger partial charge in [-0.15, -0.1) is 0 Å². The third-order valence-corrected chi connectivity index (χ3v) is 11.2. The summed E-state index contributed by atoms with van der Waals surface area (Å²) in [6.45, 7) is 7.36. The number of hydrogen-bond donors (Lipinski definition) is 4. The number of aromatic nitrogens is 4. The molecule has 6 rings (SSSR count). The van der Waals surface area contributed by atoms with Crippen molar-refractivity contribution in [2.45, 2.75) is 12.8 Å². The van der Waals surface area contributed by atoms with Gasteiger partial charge in [0.15, 0.2) is 0 Å². The fourth-order valence-corrected chi connectivity index (χ4v) is 7.81. The molecular weight excluding hydrogens is 715 g/mol. The Hall–Kier alpha value is -4.12. The molecule has 1 aliphatic rings. The summed E-state index contributed by atoms with van der Waals surface area (Å²) in [7, 11) is 5.19. The van der Waals surface area contributed by atoms with Crippen molar-refractivity contribution in [2.75, 3.05) is 95.8 Å². The molecule has 282 valence electrons. The first-order valence-electron chi connectivity index (χ1n) is 17.9. The van der Waals surface area contributed by atoms with Crippen LogP contribution in [0.1, 0.15) is 12.8 Å². The molecule has 0 spiro atoms. The summed E-state index contributed by atoms with van der Waals surface area (Å²) >= 11 is 0. The van der Waals surface area contributed by atoms with E-state index >= 15 is 0 Å². The van der Waals surface area contributed by atoms with Gasteiger partial charge in [-0.25, -0.2) is 9.97 Å². The van der Waals surface area contributed by atoms with Crippen molar-refractivity contribution >= 4 is 61.1 Å². The first kappa shape index (κ1) is 38.6. The molecule has 5 aromatic rings. The summed E-state index contributed by atoms with van der Waals surface area (Å²) in [5.74, 6) is 2.94. The van der Waals surface area contributed by atoms with Crippen LogP contribution in [0, 0.1) is 0 Å². The molecule has 0 radical (unpaired) electrons. The smallest absolute Gasteiger partial charge is 0.304 e. The number of hydrogen-bond acceptors (Lipinski definition) is 12. The highest BCUT2D eigenvalue weighted by Crippen LogP contribution is 2.29. The normalized spacial score (nSPS) is 13.6. The Kier molecular flexibility index (Phi) is 14.4. The summed E-state index contributed by atoms with van der Waals surface area (Å²) in [5.41, 5.74) is 7.00. The number of carboxylic acid groups (broad SMARTS) is 1. The molecule has 3 heterocycles. The number of carbonyl (C=O) groups excluding carboxylic acids is 1. The van der Waals surface area contributed by atoms with Crippen LogP contribution < -0.4 is 15.0 Å². The summed E-state index contributed by atoms with van der Waals surface area (Å²) in [4.78, 5) is 43.9. The molecule has 15 heteroatoms. The van der Waals surface area contributed by atoms with Crippen LogP contribution in [0.3, 0.4) is 0 Å². The molecule has 1 aliphatic heterocycles. The van der Waals surface area contributed by atoms with Crippen molar-refractivity contribution < 1.29 is 28.9 Å². The lowest BCUT2D eigenvalue weighted by molar-refractivity contribution is -0.136. The van der Waals surface area contributed by atoms with Crippen LogP contribution in [0.4, 0.5) is 5.69 Å². The topological polar surface area (TPSA) is 158 Å². The molecular formula is C38H47N7O6S2. The molecule has 2 aromatic heterocycles. The number of aromatic amines is 2. The Bertz CT molecular complexity index is 1930. The van der Waals surface area contributed by atoms with E-state index in [0.29, 0.717) is 64.1 Å². The number of fused-ring (bicyclic) bond motifs is 2. The van der Waals surface area contributed by atoms with Crippen LogP contribution in [0.25, 0.3) is 44.8 Å². The van der Waals surface area contributed by atoms with Gasteiger partial charge in [0, 0.05) is 67.5 Å². The number of H-pyrrole nitrogens is 2. The number of aliphatic carboxylic acids is 1. The van der Waals surface area contributed by atoms with Gasteiger partial charge in [-0.3, -0.25) is 9.59 Å². The SMILES string of the molecule is CN1CCN(c2ccc3nc(-c4ccc5nc(-c6ccc(OCCOCCOCCNCC(=O)CCSSCCC(=O)O)cc6)[nH]c5c4)[nH]c3c2)CC1. The van der Waals surface area contributed by atoms with Crippen LogP contribution in [0.15, 0.2) is 60.7 Å². The predicted octanol–water partition coefficient (Wildman–Crippen LogP) is 5.34. The van der Waals surface area contributed by atoms with E-state index in [1.807, 2.05) is 30.3 Å². The van der Waals surface area contributed by atoms with Crippen LogP contribution in [0.2, 0.25) is 0 Å². The zero-order chi connectivity index (χ0) is 36.8. The third-order valence-electron chi connectivity index (χ3n) is 8.78. The van der Waals surface area contributed by atoms with Crippen molar-refractivity contribution in [3.63, 3.8) is 0 Å². The van der Waals surface area contributed by atoms with Gasteiger partial charge >= 0.3 is 5.97 Å².